The highest BCUT2D eigenvalue weighted by Crippen LogP contribution is 2.10. The Morgan fingerprint density at radius 1 is 1.89 bits per heavy atom. The molecule has 0 aliphatic carbocycles. The molecule has 0 saturated carbocycles. The molecule has 0 spiro atoms. The van der Waals surface area contributed by atoms with Gasteiger partial charge in [0.15, 0.2) is 5.69 Å². The van der Waals surface area contributed by atoms with Crippen LogP contribution < -0.4 is 0 Å². The van der Waals surface area contributed by atoms with E-state index in [1.54, 1.807) is 7.05 Å². The third-order valence-electron chi connectivity index (χ3n) is 0.936. The van der Waals surface area contributed by atoms with Gasteiger partial charge in [-0.05, 0) is 0 Å². The molecule has 0 saturated heterocycles. The molecule has 1 aromatic rings. The molecule has 0 aliphatic rings. The first-order valence-corrected chi connectivity index (χ1v) is 2.63. The maximum atomic E-state index is 8.37. The highest BCUT2D eigenvalue weighted by atomic mass is 35.5. The Kier molecular flexibility index (Phi) is 1.41. The third-order valence-corrected chi connectivity index (χ3v) is 1.20. The second-order valence-electron chi connectivity index (χ2n) is 1.51. The number of hydrogen-bond acceptors (Lipinski definition) is 2. The Labute approximate surface area is 57.5 Å². The number of rotatable bonds is 0. The normalized spacial score (nSPS) is 9.00. The van der Waals surface area contributed by atoms with Gasteiger partial charge in [0.1, 0.15) is 17.3 Å². The Morgan fingerprint density at radius 3 is 2.78 bits per heavy atom. The second-order valence-corrected chi connectivity index (χ2v) is 1.89. The fraction of sp³-hybridized carbons (Fsp3) is 0.200. The van der Waals surface area contributed by atoms with E-state index >= 15 is 0 Å². The summed E-state index contributed by atoms with van der Waals surface area (Å²) in [4.78, 5) is 0. The molecule has 0 unspecified atom stereocenters. The van der Waals surface area contributed by atoms with Gasteiger partial charge in [-0.1, -0.05) is 11.6 Å². The van der Waals surface area contributed by atoms with Crippen LogP contribution in [0.25, 0.3) is 0 Å². The predicted octanol–water partition coefficient (Wildman–Crippen LogP) is 0.745. The third kappa shape index (κ3) is 0.889. The van der Waals surface area contributed by atoms with Crippen molar-refractivity contribution >= 4 is 11.6 Å². The van der Waals surface area contributed by atoms with Gasteiger partial charge in [-0.2, -0.15) is 10.4 Å². The molecule has 1 radical (unpaired) electrons. The molecule has 1 aromatic heterocycles. The number of halogens is 1. The van der Waals surface area contributed by atoms with Crippen LogP contribution in [0.2, 0.25) is 5.02 Å². The van der Waals surface area contributed by atoms with Crippen molar-refractivity contribution in [2.24, 2.45) is 7.05 Å². The number of hydrogen-bond donors (Lipinski definition) is 0. The van der Waals surface area contributed by atoms with Crippen molar-refractivity contribution in [3.63, 3.8) is 0 Å². The second kappa shape index (κ2) is 2.08. The fourth-order valence-corrected chi connectivity index (χ4v) is 0.688. The van der Waals surface area contributed by atoms with Crippen LogP contribution in [0.4, 0.5) is 0 Å². The standard InChI is InChI=1S/C5H3ClN3/c1-9-5(2-7)4(6)3-8-9/h1H3. The first-order valence-electron chi connectivity index (χ1n) is 2.26. The molecule has 0 amide bonds. The minimum atomic E-state index is 0.278. The first kappa shape index (κ1) is 6.12. The van der Waals surface area contributed by atoms with Gasteiger partial charge in [0.2, 0.25) is 0 Å². The average molecular weight is 141 g/mol. The van der Waals surface area contributed by atoms with Gasteiger partial charge in [0.05, 0.1) is 0 Å². The van der Waals surface area contributed by atoms with Crippen molar-refractivity contribution in [1.82, 2.24) is 9.78 Å². The fourth-order valence-electron chi connectivity index (χ4n) is 0.485. The smallest absolute Gasteiger partial charge is 0.157 e. The van der Waals surface area contributed by atoms with Gasteiger partial charge in [-0.15, -0.1) is 0 Å². The lowest BCUT2D eigenvalue weighted by Gasteiger charge is -1.86. The van der Waals surface area contributed by atoms with Crippen molar-refractivity contribution in [1.29, 1.82) is 5.26 Å². The first-order chi connectivity index (χ1) is 4.25. The molecule has 45 valence electrons. The van der Waals surface area contributed by atoms with Crippen LogP contribution in [-0.4, -0.2) is 9.78 Å². The summed E-state index contributed by atoms with van der Waals surface area (Å²) < 4.78 is 1.38. The molecular formula is C5H3ClN3. The minimum absolute atomic E-state index is 0.278. The van der Waals surface area contributed by atoms with Gasteiger partial charge in [-0.3, -0.25) is 4.68 Å². The molecule has 0 atom stereocenters. The van der Waals surface area contributed by atoms with E-state index in [0.29, 0.717) is 5.69 Å². The Hall–Kier alpha value is -1.01. The van der Waals surface area contributed by atoms with Crippen LogP contribution in [0.3, 0.4) is 0 Å². The van der Waals surface area contributed by atoms with Crippen molar-refractivity contribution in [3.05, 3.63) is 16.9 Å². The quantitative estimate of drug-likeness (QED) is 0.534. The summed E-state index contributed by atoms with van der Waals surface area (Å²) in [5.74, 6) is 0. The van der Waals surface area contributed by atoms with Crippen LogP contribution in [0.15, 0.2) is 0 Å². The topological polar surface area (TPSA) is 41.6 Å². The van der Waals surface area contributed by atoms with Gasteiger partial charge in [-0.25, -0.2) is 0 Å². The van der Waals surface area contributed by atoms with Crippen molar-refractivity contribution in [2.75, 3.05) is 0 Å². The van der Waals surface area contributed by atoms with E-state index < -0.39 is 0 Å². The van der Waals surface area contributed by atoms with Gasteiger partial charge >= 0.3 is 0 Å². The van der Waals surface area contributed by atoms with E-state index in [1.807, 2.05) is 6.07 Å². The highest BCUT2D eigenvalue weighted by Gasteiger charge is 2.03. The van der Waals surface area contributed by atoms with Crippen LogP contribution in [-0.2, 0) is 7.05 Å². The van der Waals surface area contributed by atoms with Gasteiger partial charge < -0.3 is 0 Å². The minimum Gasteiger partial charge on any atom is -0.256 e. The summed E-state index contributed by atoms with van der Waals surface area (Å²) in [6, 6.07) is 1.88. The van der Waals surface area contributed by atoms with Crippen LogP contribution in [0, 0.1) is 17.5 Å². The van der Waals surface area contributed by atoms with E-state index in [-0.39, 0.29) is 5.02 Å². The van der Waals surface area contributed by atoms with Crippen molar-refractivity contribution < 1.29 is 0 Å². The van der Waals surface area contributed by atoms with Gasteiger partial charge in [0.25, 0.3) is 0 Å². The summed E-state index contributed by atoms with van der Waals surface area (Å²) in [6.07, 6.45) is 2.44. The van der Waals surface area contributed by atoms with Gasteiger partial charge in [0, 0.05) is 7.05 Å². The summed E-state index contributed by atoms with van der Waals surface area (Å²) in [5, 5.41) is 12.3. The summed E-state index contributed by atoms with van der Waals surface area (Å²) in [6.45, 7) is 0. The number of nitriles is 1. The lowest BCUT2D eigenvalue weighted by molar-refractivity contribution is 0.754. The zero-order chi connectivity index (χ0) is 6.85. The zero-order valence-electron chi connectivity index (χ0n) is 4.72. The number of nitrogens with zero attached hydrogens (tertiary/aromatic N) is 3. The van der Waals surface area contributed by atoms with E-state index in [4.69, 9.17) is 16.9 Å². The molecular weight excluding hydrogens is 138 g/mol. The zero-order valence-corrected chi connectivity index (χ0v) is 5.48. The SMILES string of the molecule is Cn1n[c]c(Cl)c1C#N. The maximum Gasteiger partial charge on any atom is 0.157 e. The molecule has 0 aliphatic heterocycles. The van der Waals surface area contributed by atoms with Crippen LogP contribution in [0.1, 0.15) is 5.69 Å². The molecule has 1 heterocycles. The molecule has 1 rings (SSSR count). The number of aromatic nitrogens is 2. The molecule has 3 nitrogen and oxygen atoms in total. The highest BCUT2D eigenvalue weighted by molar-refractivity contribution is 6.31. The average Bonchev–Trinajstić information content (AvgIpc) is 2.12. The van der Waals surface area contributed by atoms with Crippen molar-refractivity contribution in [3.8, 4) is 6.07 Å². The van der Waals surface area contributed by atoms with E-state index in [0.717, 1.165) is 0 Å². The largest absolute Gasteiger partial charge is 0.256 e. The van der Waals surface area contributed by atoms with Crippen LogP contribution in [0.5, 0.6) is 0 Å². The van der Waals surface area contributed by atoms with Crippen LogP contribution >= 0.6 is 11.6 Å². The maximum absolute atomic E-state index is 8.37. The Morgan fingerprint density at radius 2 is 2.56 bits per heavy atom. The number of aryl methyl sites for hydroxylation is 1. The summed E-state index contributed by atoms with van der Waals surface area (Å²) >= 11 is 5.48. The predicted molar refractivity (Wildman–Crippen MR) is 31.8 cm³/mol. The van der Waals surface area contributed by atoms with E-state index in [2.05, 4.69) is 11.3 Å². The molecule has 4 heteroatoms. The molecule has 9 heavy (non-hydrogen) atoms. The lowest BCUT2D eigenvalue weighted by atomic mass is 10.5. The van der Waals surface area contributed by atoms with Crippen molar-refractivity contribution in [2.45, 2.75) is 0 Å². The Balaban J connectivity index is 3.27. The molecule has 0 N–H and O–H groups in total. The summed E-state index contributed by atoms with van der Waals surface area (Å²) in [5.41, 5.74) is 0.344. The molecule has 0 bridgehead atoms. The lowest BCUT2D eigenvalue weighted by Crippen LogP contribution is -1.92. The molecule has 0 fully saturated rings. The molecule has 0 aromatic carbocycles. The Bertz CT molecular complexity index is 238. The van der Waals surface area contributed by atoms with E-state index in [1.165, 1.54) is 4.68 Å². The summed E-state index contributed by atoms with van der Waals surface area (Å²) in [7, 11) is 1.64. The monoisotopic (exact) mass is 140 g/mol. The van der Waals surface area contributed by atoms with E-state index in [9.17, 15) is 0 Å².